The van der Waals surface area contributed by atoms with Crippen LogP contribution in [0.1, 0.15) is 29.8 Å². The highest BCUT2D eigenvalue weighted by Gasteiger charge is 2.44. The number of piperidine rings is 1. The van der Waals surface area contributed by atoms with Crippen LogP contribution in [0.3, 0.4) is 0 Å². The molecule has 6 heteroatoms. The standard InChI is InChI=1S/C23H31N3O3/c1-25(12-13-28-2)15-18-14-23(29-16-18)10-5-11-26(17-23)22(27)21-9-8-19-6-3-4-7-20(19)24-21/h3-4,6-9,18H,5,10-17H2,1-2H3/t18-,23-/m1/s1. The molecular weight excluding hydrogens is 366 g/mol. The molecule has 2 aliphatic heterocycles. The van der Waals surface area contributed by atoms with Crippen molar-refractivity contribution in [2.45, 2.75) is 24.9 Å². The lowest BCUT2D eigenvalue weighted by Gasteiger charge is -2.39. The highest BCUT2D eigenvalue weighted by molar-refractivity contribution is 5.95. The fourth-order valence-electron chi connectivity index (χ4n) is 4.74. The third kappa shape index (κ3) is 4.60. The minimum atomic E-state index is -0.197. The Kier molecular flexibility index (Phi) is 6.13. The predicted molar refractivity (Wildman–Crippen MR) is 113 cm³/mol. The Morgan fingerprint density at radius 3 is 3.07 bits per heavy atom. The lowest BCUT2D eigenvalue weighted by Crippen LogP contribution is -2.50. The molecular formula is C23H31N3O3. The van der Waals surface area contributed by atoms with Crippen molar-refractivity contribution >= 4 is 16.8 Å². The fraction of sp³-hybridized carbons (Fsp3) is 0.565. The van der Waals surface area contributed by atoms with Crippen molar-refractivity contribution in [1.82, 2.24) is 14.8 Å². The molecule has 0 bridgehead atoms. The molecule has 156 valence electrons. The van der Waals surface area contributed by atoms with E-state index in [1.807, 2.05) is 41.3 Å². The van der Waals surface area contributed by atoms with Crippen LogP contribution < -0.4 is 0 Å². The maximum Gasteiger partial charge on any atom is 0.272 e. The molecule has 0 N–H and O–H groups in total. The van der Waals surface area contributed by atoms with Crippen LogP contribution in [0.4, 0.5) is 0 Å². The summed E-state index contributed by atoms with van der Waals surface area (Å²) < 4.78 is 11.5. The number of likely N-dealkylation sites (N-methyl/N-ethyl adjacent to an activating group) is 1. The number of nitrogens with zero attached hydrogens (tertiary/aromatic N) is 3. The summed E-state index contributed by atoms with van der Waals surface area (Å²) in [7, 11) is 3.87. The zero-order valence-electron chi connectivity index (χ0n) is 17.5. The zero-order valence-corrected chi connectivity index (χ0v) is 17.5. The number of methoxy groups -OCH3 is 1. The van der Waals surface area contributed by atoms with E-state index in [4.69, 9.17) is 9.47 Å². The molecule has 3 heterocycles. The van der Waals surface area contributed by atoms with Crippen LogP contribution in [-0.4, -0.2) is 79.8 Å². The summed E-state index contributed by atoms with van der Waals surface area (Å²) in [5.74, 6) is 0.518. The molecule has 2 fully saturated rings. The topological polar surface area (TPSA) is 54.9 Å². The molecule has 0 radical (unpaired) electrons. The number of para-hydroxylation sites is 1. The number of pyridine rings is 1. The Bertz CT molecular complexity index is 858. The first-order valence-electron chi connectivity index (χ1n) is 10.6. The molecule has 0 aliphatic carbocycles. The van der Waals surface area contributed by atoms with Crippen LogP contribution >= 0.6 is 0 Å². The van der Waals surface area contributed by atoms with Gasteiger partial charge in [-0.15, -0.1) is 0 Å². The quantitative estimate of drug-likeness (QED) is 0.750. The van der Waals surface area contributed by atoms with E-state index in [0.717, 1.165) is 63.0 Å². The second kappa shape index (κ2) is 8.78. The van der Waals surface area contributed by atoms with Crippen molar-refractivity contribution < 1.29 is 14.3 Å². The molecule has 29 heavy (non-hydrogen) atoms. The van der Waals surface area contributed by atoms with Crippen molar-refractivity contribution in [3.05, 3.63) is 42.1 Å². The van der Waals surface area contributed by atoms with Crippen molar-refractivity contribution in [3.8, 4) is 0 Å². The third-order valence-corrected chi connectivity index (χ3v) is 6.18. The Balaban J connectivity index is 1.40. The third-order valence-electron chi connectivity index (χ3n) is 6.18. The van der Waals surface area contributed by atoms with Gasteiger partial charge in [-0.1, -0.05) is 24.3 Å². The highest BCUT2D eigenvalue weighted by Crippen LogP contribution is 2.38. The Morgan fingerprint density at radius 1 is 1.34 bits per heavy atom. The van der Waals surface area contributed by atoms with Gasteiger partial charge in [0.15, 0.2) is 0 Å². The van der Waals surface area contributed by atoms with Gasteiger partial charge in [0.05, 0.1) is 30.9 Å². The molecule has 2 atom stereocenters. The van der Waals surface area contributed by atoms with Gasteiger partial charge in [0.2, 0.25) is 0 Å². The molecule has 2 saturated heterocycles. The van der Waals surface area contributed by atoms with Gasteiger partial charge in [-0.05, 0) is 44.4 Å². The number of hydrogen-bond donors (Lipinski definition) is 0. The van der Waals surface area contributed by atoms with Crippen molar-refractivity contribution in [2.24, 2.45) is 5.92 Å². The van der Waals surface area contributed by atoms with Gasteiger partial charge in [-0.2, -0.15) is 0 Å². The summed E-state index contributed by atoms with van der Waals surface area (Å²) in [6.07, 6.45) is 3.02. The number of carbonyl (C=O) groups is 1. The summed E-state index contributed by atoms with van der Waals surface area (Å²) >= 11 is 0. The van der Waals surface area contributed by atoms with E-state index in [9.17, 15) is 4.79 Å². The van der Waals surface area contributed by atoms with Crippen molar-refractivity contribution in [2.75, 3.05) is 53.6 Å². The van der Waals surface area contributed by atoms with Crippen LogP contribution in [0.25, 0.3) is 10.9 Å². The summed E-state index contributed by atoms with van der Waals surface area (Å²) in [4.78, 5) is 22.0. The minimum absolute atomic E-state index is 0.0130. The molecule has 0 unspecified atom stereocenters. The van der Waals surface area contributed by atoms with Crippen LogP contribution in [0.5, 0.6) is 0 Å². The van der Waals surface area contributed by atoms with Crippen molar-refractivity contribution in [1.29, 1.82) is 0 Å². The van der Waals surface area contributed by atoms with Gasteiger partial charge in [-0.3, -0.25) is 4.79 Å². The lowest BCUT2D eigenvalue weighted by atomic mass is 9.86. The summed E-state index contributed by atoms with van der Waals surface area (Å²) in [5.41, 5.74) is 1.19. The monoisotopic (exact) mass is 397 g/mol. The molecule has 6 nitrogen and oxygen atoms in total. The van der Waals surface area contributed by atoms with E-state index in [1.165, 1.54) is 0 Å². The minimum Gasteiger partial charge on any atom is -0.383 e. The van der Waals surface area contributed by atoms with E-state index < -0.39 is 0 Å². The van der Waals surface area contributed by atoms with Crippen molar-refractivity contribution in [3.63, 3.8) is 0 Å². The number of hydrogen-bond acceptors (Lipinski definition) is 5. The first-order chi connectivity index (χ1) is 14.1. The second-order valence-electron chi connectivity index (χ2n) is 8.54. The Labute approximate surface area is 172 Å². The molecule has 0 saturated carbocycles. The largest absolute Gasteiger partial charge is 0.383 e. The number of benzene rings is 1. The van der Waals surface area contributed by atoms with Gasteiger partial charge >= 0.3 is 0 Å². The van der Waals surface area contributed by atoms with E-state index >= 15 is 0 Å². The summed E-state index contributed by atoms with van der Waals surface area (Å²) in [6.45, 7) is 4.89. The molecule has 1 spiro atoms. The number of amides is 1. The number of rotatable bonds is 6. The molecule has 1 amide bonds. The SMILES string of the molecule is COCCN(C)C[C@@H]1CO[C@]2(CCCN(C(=O)c3ccc4ccccc4n3)C2)C1. The highest BCUT2D eigenvalue weighted by atomic mass is 16.5. The molecule has 2 aromatic rings. The van der Waals surface area contributed by atoms with E-state index in [1.54, 1.807) is 7.11 Å². The second-order valence-corrected chi connectivity index (χ2v) is 8.54. The van der Waals surface area contributed by atoms with Crippen LogP contribution in [0.2, 0.25) is 0 Å². The van der Waals surface area contributed by atoms with E-state index in [-0.39, 0.29) is 11.5 Å². The number of likely N-dealkylation sites (tertiary alicyclic amines) is 1. The molecule has 2 aliphatic rings. The maximum absolute atomic E-state index is 13.1. The Hall–Kier alpha value is -2.02. The maximum atomic E-state index is 13.1. The molecule has 4 rings (SSSR count). The zero-order chi connectivity index (χ0) is 20.3. The normalized spacial score (nSPS) is 24.7. The average Bonchev–Trinajstić information content (AvgIpc) is 3.12. The van der Waals surface area contributed by atoms with Gasteiger partial charge in [0.25, 0.3) is 5.91 Å². The van der Waals surface area contributed by atoms with Gasteiger partial charge < -0.3 is 19.3 Å². The fourth-order valence-corrected chi connectivity index (χ4v) is 4.74. The number of carbonyl (C=O) groups excluding carboxylic acids is 1. The first kappa shape index (κ1) is 20.3. The molecule has 1 aromatic heterocycles. The average molecular weight is 398 g/mol. The van der Waals surface area contributed by atoms with Crippen LogP contribution in [-0.2, 0) is 9.47 Å². The predicted octanol–water partition coefficient (Wildman–Crippen LogP) is 2.82. The van der Waals surface area contributed by atoms with Crippen LogP contribution in [0.15, 0.2) is 36.4 Å². The smallest absolute Gasteiger partial charge is 0.272 e. The lowest BCUT2D eigenvalue weighted by molar-refractivity contribution is -0.0451. The Morgan fingerprint density at radius 2 is 2.21 bits per heavy atom. The summed E-state index contributed by atoms with van der Waals surface area (Å²) in [5, 5.41) is 1.05. The summed E-state index contributed by atoms with van der Waals surface area (Å²) in [6, 6.07) is 11.7. The van der Waals surface area contributed by atoms with Crippen LogP contribution in [0, 0.1) is 5.92 Å². The number of aromatic nitrogens is 1. The van der Waals surface area contributed by atoms with Gasteiger partial charge in [0.1, 0.15) is 5.69 Å². The van der Waals surface area contributed by atoms with E-state index in [0.29, 0.717) is 18.2 Å². The van der Waals surface area contributed by atoms with Gasteiger partial charge in [-0.25, -0.2) is 4.98 Å². The molecule has 1 aromatic carbocycles. The van der Waals surface area contributed by atoms with Gasteiger partial charge in [0, 0.05) is 32.1 Å². The number of fused-ring (bicyclic) bond motifs is 1. The number of ether oxygens (including phenoxy) is 2. The van der Waals surface area contributed by atoms with E-state index in [2.05, 4.69) is 16.9 Å². The first-order valence-corrected chi connectivity index (χ1v) is 10.6.